The van der Waals surface area contributed by atoms with E-state index >= 15 is 0 Å². The van der Waals surface area contributed by atoms with Gasteiger partial charge in [0.05, 0.1) is 24.8 Å². The summed E-state index contributed by atoms with van der Waals surface area (Å²) in [7, 11) is 0. The van der Waals surface area contributed by atoms with Crippen LogP contribution in [0.5, 0.6) is 5.75 Å². The van der Waals surface area contributed by atoms with Crippen molar-refractivity contribution in [3.63, 3.8) is 0 Å². The van der Waals surface area contributed by atoms with E-state index in [-0.39, 0.29) is 25.3 Å². The maximum Gasteiger partial charge on any atom is 0.336 e. The summed E-state index contributed by atoms with van der Waals surface area (Å²) in [5.74, 6) is -5.28. The van der Waals surface area contributed by atoms with Crippen LogP contribution in [0.15, 0.2) is 75.6 Å². The number of benzene rings is 2. The van der Waals surface area contributed by atoms with Crippen LogP contribution in [-0.2, 0) is 49.3 Å². The number of nitrogens with zero attached hydrogens (tertiary/aromatic N) is 1. The number of fused-ring (bicyclic) bond motifs is 6. The second-order valence-electron chi connectivity index (χ2n) is 14.2. The molecule has 2 saturated heterocycles. The van der Waals surface area contributed by atoms with E-state index in [0.717, 1.165) is 10.5 Å². The first-order valence-electron chi connectivity index (χ1n) is 16.8. The van der Waals surface area contributed by atoms with Gasteiger partial charge in [-0.1, -0.05) is 62.2 Å². The molecule has 0 aliphatic carbocycles. The molecular weight excluding hydrogens is 822 g/mol. The Kier molecular flexibility index (Phi) is 10.2. The Morgan fingerprint density at radius 1 is 0.849 bits per heavy atom. The number of carbonyl (C=O) groups is 5. The van der Waals surface area contributed by atoms with E-state index in [2.05, 4.69) is 31.9 Å². The number of halogens is 2. The smallest absolute Gasteiger partial charge is 0.336 e. The van der Waals surface area contributed by atoms with Crippen LogP contribution in [0.25, 0.3) is 11.0 Å². The van der Waals surface area contributed by atoms with Crippen molar-refractivity contribution in [2.45, 2.75) is 60.9 Å². The van der Waals surface area contributed by atoms with E-state index in [1.165, 1.54) is 12.1 Å². The second kappa shape index (κ2) is 14.1. The van der Waals surface area contributed by atoms with Crippen molar-refractivity contribution in [1.82, 2.24) is 4.90 Å². The molecule has 53 heavy (non-hydrogen) atoms. The fraction of sp³-hybridized carbons (Fsp3) is 0.421. The zero-order valence-corrected chi connectivity index (χ0v) is 32.7. The molecule has 2 amide bonds. The summed E-state index contributed by atoms with van der Waals surface area (Å²) >= 11 is 6.53. The lowest BCUT2D eigenvalue weighted by Gasteiger charge is -2.32. The highest BCUT2D eigenvalue weighted by atomic mass is 79.9. The summed E-state index contributed by atoms with van der Waals surface area (Å²) in [5.41, 5.74) is -2.51. The highest BCUT2D eigenvalue weighted by Gasteiger charge is 2.78. The van der Waals surface area contributed by atoms with Crippen LogP contribution < -0.4 is 10.4 Å². The lowest BCUT2D eigenvalue weighted by atomic mass is 9.71. The molecule has 0 saturated carbocycles. The Morgan fingerprint density at radius 3 is 2.19 bits per heavy atom. The van der Waals surface area contributed by atoms with Crippen LogP contribution in [0.4, 0.5) is 0 Å². The molecule has 15 heteroatoms. The third-order valence-electron chi connectivity index (χ3n) is 9.32. The molecule has 3 aliphatic rings. The molecule has 280 valence electrons. The predicted octanol–water partition coefficient (Wildman–Crippen LogP) is 4.71. The average molecular weight is 860 g/mol. The molecule has 1 aromatic heterocycles. The molecule has 3 aliphatic heterocycles. The van der Waals surface area contributed by atoms with Crippen molar-refractivity contribution in [2.24, 2.45) is 11.8 Å². The molecule has 0 N–H and O–H groups in total. The molecule has 0 unspecified atom stereocenters. The zero-order valence-electron chi connectivity index (χ0n) is 29.6. The summed E-state index contributed by atoms with van der Waals surface area (Å²) in [6.45, 7) is 6.61. The largest absolute Gasteiger partial charge is 0.463 e. The Bertz CT molecular complexity index is 2080. The van der Waals surface area contributed by atoms with E-state index in [9.17, 15) is 28.8 Å². The second-order valence-corrected chi connectivity index (χ2v) is 18.2. The molecular formula is C38H37Br2NO12. The van der Waals surface area contributed by atoms with Crippen LogP contribution >= 0.6 is 31.9 Å². The highest BCUT2D eigenvalue weighted by molar-refractivity contribution is 9.10. The van der Waals surface area contributed by atoms with Crippen molar-refractivity contribution in [3.05, 3.63) is 88.0 Å². The number of rotatable bonds is 13. The molecule has 0 spiro atoms. The van der Waals surface area contributed by atoms with Gasteiger partial charge >= 0.3 is 23.5 Å². The third-order valence-corrected chi connectivity index (χ3v) is 9.97. The number of hydrogen-bond acceptors (Lipinski definition) is 12. The van der Waals surface area contributed by atoms with Gasteiger partial charge in [0.2, 0.25) is 11.8 Å². The van der Waals surface area contributed by atoms with Crippen molar-refractivity contribution >= 4 is 72.6 Å². The van der Waals surface area contributed by atoms with E-state index in [1.807, 2.05) is 0 Å². The third kappa shape index (κ3) is 7.43. The molecule has 4 atom stereocenters. The Balaban J connectivity index is 1.33. The molecule has 2 aromatic carbocycles. The molecule has 13 nitrogen and oxygen atoms in total. The van der Waals surface area contributed by atoms with Crippen LogP contribution in [-0.4, -0.2) is 80.8 Å². The number of carbonyl (C=O) groups excluding carboxylic acids is 5. The van der Waals surface area contributed by atoms with Crippen LogP contribution in [0.2, 0.25) is 0 Å². The van der Waals surface area contributed by atoms with E-state index in [4.69, 9.17) is 28.1 Å². The van der Waals surface area contributed by atoms with Gasteiger partial charge in [0, 0.05) is 11.5 Å². The van der Waals surface area contributed by atoms with Gasteiger partial charge in [-0.2, -0.15) is 0 Å². The normalized spacial score (nSPS) is 23.5. The predicted molar refractivity (Wildman–Crippen MR) is 195 cm³/mol. The summed E-state index contributed by atoms with van der Waals surface area (Å²) in [6.07, 6.45) is 1.28. The molecule has 4 heterocycles. The van der Waals surface area contributed by atoms with Gasteiger partial charge in [-0.15, -0.1) is 0 Å². The van der Waals surface area contributed by atoms with Crippen molar-refractivity contribution in [3.8, 4) is 5.75 Å². The minimum absolute atomic E-state index is 0.0883. The van der Waals surface area contributed by atoms with Crippen LogP contribution in [0, 0.1) is 18.8 Å². The number of imide groups is 1. The molecule has 3 aromatic rings. The number of para-hydroxylation sites is 1. The number of likely N-dealkylation sites (tertiary alicyclic amines) is 1. The highest BCUT2D eigenvalue weighted by Crippen LogP contribution is 2.60. The van der Waals surface area contributed by atoms with Gasteiger partial charge in [-0.25, -0.2) is 4.79 Å². The number of esters is 3. The van der Waals surface area contributed by atoms with Gasteiger partial charge in [0.25, 0.3) is 0 Å². The van der Waals surface area contributed by atoms with Gasteiger partial charge < -0.3 is 28.1 Å². The fourth-order valence-corrected chi connectivity index (χ4v) is 6.99. The van der Waals surface area contributed by atoms with Crippen molar-refractivity contribution in [1.29, 1.82) is 0 Å². The standard InChI is InChI=1S/C38H37Br2NO12/c1-21-15-28(43)52-25-16-22(11-12-24(21)25)17-27(42)49-20-38-26(51-23-9-7-6-8-10-23)18-37(53-38,19-50-34(47)36(4,5)40)29-30(38)32(45)41(31(29)44)13-14-48-33(46)35(2,3)39/h6-12,15-16,18,29-30H,13-14,17,19-20H2,1-5H3/t29-,30+,37-,38-/m0/s1. The Labute approximate surface area is 321 Å². The molecule has 2 fully saturated rings. The molecule has 2 bridgehead atoms. The molecule has 6 rings (SSSR count). The minimum atomic E-state index is -1.82. The summed E-state index contributed by atoms with van der Waals surface area (Å²) < 4.78 is 33.0. The van der Waals surface area contributed by atoms with Crippen molar-refractivity contribution in [2.75, 3.05) is 26.4 Å². The SMILES string of the molecule is Cc1cc(=O)oc2cc(CC(=O)OC[C@]34O[C@](COC(=O)C(C)(C)Br)(C=C3Oc3ccccc3)[C@@H]3C(=O)N(CCOC(=O)C(C)(C)Br)C(=O)[C@@H]34)ccc12. The van der Waals surface area contributed by atoms with Gasteiger partial charge in [0.1, 0.15) is 51.2 Å². The van der Waals surface area contributed by atoms with Crippen LogP contribution in [0.1, 0.15) is 38.8 Å². The Hall–Kier alpha value is -4.34. The number of aryl methyl sites for hydroxylation is 1. The summed E-state index contributed by atoms with van der Waals surface area (Å²) in [4.78, 5) is 80.3. The molecule has 0 radical (unpaired) electrons. The lowest BCUT2D eigenvalue weighted by Crippen LogP contribution is -2.49. The first-order chi connectivity index (χ1) is 24.8. The number of ether oxygens (including phenoxy) is 5. The zero-order chi connectivity index (χ0) is 38.5. The summed E-state index contributed by atoms with van der Waals surface area (Å²) in [6, 6.07) is 15.0. The van der Waals surface area contributed by atoms with Gasteiger partial charge in [0.15, 0.2) is 5.60 Å². The van der Waals surface area contributed by atoms with Crippen LogP contribution in [0.3, 0.4) is 0 Å². The maximum atomic E-state index is 14.3. The summed E-state index contributed by atoms with van der Waals surface area (Å²) in [5, 5.41) is 0.713. The van der Waals surface area contributed by atoms with Gasteiger partial charge in [-0.05, 0) is 70.0 Å². The van der Waals surface area contributed by atoms with E-state index < -0.39 is 80.2 Å². The van der Waals surface area contributed by atoms with Crippen molar-refractivity contribution < 1.29 is 52.1 Å². The topological polar surface area (TPSA) is 165 Å². The number of amides is 2. The maximum absolute atomic E-state index is 14.3. The number of alkyl halides is 2. The van der Waals surface area contributed by atoms with E-state index in [1.54, 1.807) is 83.1 Å². The quantitative estimate of drug-likeness (QED) is 0.0766. The average Bonchev–Trinajstić information content (AvgIpc) is 3.65. The monoisotopic (exact) mass is 857 g/mol. The first-order valence-corrected chi connectivity index (χ1v) is 18.4. The fourth-order valence-electron chi connectivity index (χ4n) is 6.76. The van der Waals surface area contributed by atoms with E-state index in [0.29, 0.717) is 22.3 Å². The number of hydrogen-bond donors (Lipinski definition) is 0. The lowest BCUT2D eigenvalue weighted by molar-refractivity contribution is -0.172. The minimum Gasteiger partial charge on any atom is -0.463 e. The van der Waals surface area contributed by atoms with Gasteiger partial charge in [-0.3, -0.25) is 28.9 Å². The Morgan fingerprint density at radius 2 is 1.51 bits per heavy atom. The first kappa shape index (κ1) is 38.4.